The van der Waals surface area contributed by atoms with Gasteiger partial charge in [-0.1, -0.05) is 24.3 Å². The topological polar surface area (TPSA) is 20.2 Å². The Bertz CT molecular complexity index is 254. The molecule has 5 atom stereocenters. The first-order valence-electron chi connectivity index (χ1n) is 4.89. The van der Waals surface area contributed by atoms with Crippen molar-refractivity contribution >= 4 is 0 Å². The van der Waals surface area contributed by atoms with E-state index in [2.05, 4.69) is 18.2 Å². The molecule has 0 aromatic carbocycles. The molecule has 3 aliphatic carbocycles. The molecule has 0 amide bonds. The maximum absolute atomic E-state index is 9.78. The van der Waals surface area contributed by atoms with E-state index < -0.39 is 0 Å². The van der Waals surface area contributed by atoms with Crippen molar-refractivity contribution < 1.29 is 5.11 Å². The van der Waals surface area contributed by atoms with Crippen molar-refractivity contribution in [2.75, 3.05) is 0 Å². The zero-order chi connectivity index (χ0) is 8.13. The summed E-state index contributed by atoms with van der Waals surface area (Å²) in [6, 6.07) is 0. The van der Waals surface area contributed by atoms with Gasteiger partial charge in [-0.2, -0.15) is 0 Å². The molecule has 1 N–H and O–H groups in total. The minimum absolute atomic E-state index is 0.163. The van der Waals surface area contributed by atoms with Gasteiger partial charge in [0, 0.05) is 0 Å². The summed E-state index contributed by atoms with van der Waals surface area (Å²) in [6.07, 6.45) is 11.1. The standard InChI is InChI=1S/C11H14O/c12-10-3-1-2-9-7-4-5-8(6-7)11(9)10/h1,3-5,7-12H,2,6H2/t7-,8+,9-,10-,11-/m0/s1. The second-order valence-corrected chi connectivity index (χ2v) is 4.34. The summed E-state index contributed by atoms with van der Waals surface area (Å²) in [5, 5.41) is 9.78. The van der Waals surface area contributed by atoms with Gasteiger partial charge >= 0.3 is 0 Å². The first kappa shape index (κ1) is 6.90. The van der Waals surface area contributed by atoms with E-state index in [9.17, 15) is 5.11 Å². The van der Waals surface area contributed by atoms with E-state index in [4.69, 9.17) is 0 Å². The lowest BCUT2D eigenvalue weighted by Crippen LogP contribution is -2.32. The summed E-state index contributed by atoms with van der Waals surface area (Å²) in [5.74, 6) is 2.75. The van der Waals surface area contributed by atoms with Crippen molar-refractivity contribution in [3.8, 4) is 0 Å². The average Bonchev–Trinajstić information content (AvgIpc) is 2.64. The van der Waals surface area contributed by atoms with Crippen molar-refractivity contribution in [3.63, 3.8) is 0 Å². The summed E-state index contributed by atoms with van der Waals surface area (Å²) in [4.78, 5) is 0. The smallest absolute Gasteiger partial charge is 0.0757 e. The van der Waals surface area contributed by atoms with Crippen molar-refractivity contribution in [1.82, 2.24) is 0 Å². The predicted octanol–water partition coefficient (Wildman–Crippen LogP) is 1.75. The second kappa shape index (κ2) is 2.23. The Morgan fingerprint density at radius 2 is 1.92 bits per heavy atom. The Labute approximate surface area is 72.8 Å². The van der Waals surface area contributed by atoms with Crippen LogP contribution in [-0.4, -0.2) is 11.2 Å². The molecule has 0 aromatic rings. The normalized spacial score (nSPS) is 54.6. The molecule has 1 nitrogen and oxygen atoms in total. The van der Waals surface area contributed by atoms with Crippen molar-refractivity contribution in [2.45, 2.75) is 18.9 Å². The molecule has 1 heteroatoms. The lowest BCUT2D eigenvalue weighted by molar-refractivity contribution is 0.0942. The molecule has 2 bridgehead atoms. The summed E-state index contributed by atoms with van der Waals surface area (Å²) in [6.45, 7) is 0. The summed E-state index contributed by atoms with van der Waals surface area (Å²) in [7, 11) is 0. The summed E-state index contributed by atoms with van der Waals surface area (Å²) in [5.41, 5.74) is 0. The van der Waals surface area contributed by atoms with Crippen LogP contribution in [0.1, 0.15) is 12.8 Å². The number of rotatable bonds is 0. The average molecular weight is 162 g/mol. The predicted molar refractivity (Wildman–Crippen MR) is 47.5 cm³/mol. The summed E-state index contributed by atoms with van der Waals surface area (Å²) >= 11 is 0. The molecule has 3 aliphatic rings. The molecule has 0 radical (unpaired) electrons. The Morgan fingerprint density at radius 3 is 2.75 bits per heavy atom. The van der Waals surface area contributed by atoms with Gasteiger partial charge in [-0.3, -0.25) is 0 Å². The van der Waals surface area contributed by atoms with Crippen LogP contribution < -0.4 is 0 Å². The third-order valence-corrected chi connectivity index (χ3v) is 3.82. The highest BCUT2D eigenvalue weighted by molar-refractivity contribution is 5.19. The molecule has 12 heavy (non-hydrogen) atoms. The number of hydrogen-bond donors (Lipinski definition) is 1. The van der Waals surface area contributed by atoms with Crippen LogP contribution in [0.4, 0.5) is 0 Å². The van der Waals surface area contributed by atoms with Crippen molar-refractivity contribution in [3.05, 3.63) is 24.3 Å². The van der Waals surface area contributed by atoms with Gasteiger partial charge in [0.1, 0.15) is 0 Å². The van der Waals surface area contributed by atoms with E-state index in [-0.39, 0.29) is 6.10 Å². The highest BCUT2D eigenvalue weighted by Crippen LogP contribution is 2.52. The van der Waals surface area contributed by atoms with Crippen LogP contribution in [0.2, 0.25) is 0 Å². The van der Waals surface area contributed by atoms with Gasteiger partial charge in [0.25, 0.3) is 0 Å². The maximum Gasteiger partial charge on any atom is 0.0757 e. The highest BCUT2D eigenvalue weighted by Gasteiger charge is 2.47. The first-order chi connectivity index (χ1) is 5.86. The largest absolute Gasteiger partial charge is 0.389 e. The SMILES string of the molecule is O[C@H]1C=CC[C@@H]2[C@@H]1[C@@H]1C=C[C@H]2C1. The molecular formula is C11H14O. The van der Waals surface area contributed by atoms with E-state index in [1.54, 1.807) is 0 Å². The lowest BCUT2D eigenvalue weighted by Gasteiger charge is -2.32. The molecular weight excluding hydrogens is 148 g/mol. The van der Waals surface area contributed by atoms with E-state index in [1.165, 1.54) is 12.8 Å². The minimum Gasteiger partial charge on any atom is -0.389 e. The Kier molecular flexibility index (Phi) is 1.28. The molecule has 0 spiro atoms. The zero-order valence-electron chi connectivity index (χ0n) is 7.06. The molecule has 0 heterocycles. The van der Waals surface area contributed by atoms with Crippen LogP contribution >= 0.6 is 0 Å². The molecule has 1 saturated carbocycles. The zero-order valence-corrected chi connectivity index (χ0v) is 7.06. The van der Waals surface area contributed by atoms with Gasteiger partial charge in [-0.25, -0.2) is 0 Å². The van der Waals surface area contributed by atoms with Crippen LogP contribution in [0.25, 0.3) is 0 Å². The molecule has 1 fully saturated rings. The van der Waals surface area contributed by atoms with Gasteiger partial charge in [0.2, 0.25) is 0 Å². The van der Waals surface area contributed by atoms with E-state index in [1.807, 2.05) is 6.08 Å². The third kappa shape index (κ3) is 0.726. The number of hydrogen-bond acceptors (Lipinski definition) is 1. The fourth-order valence-electron chi connectivity index (χ4n) is 3.30. The van der Waals surface area contributed by atoms with Crippen LogP contribution in [0, 0.1) is 23.7 Å². The van der Waals surface area contributed by atoms with Crippen LogP contribution in [0.3, 0.4) is 0 Å². The van der Waals surface area contributed by atoms with Crippen molar-refractivity contribution in [1.29, 1.82) is 0 Å². The Balaban J connectivity index is 1.97. The maximum atomic E-state index is 9.78. The highest BCUT2D eigenvalue weighted by atomic mass is 16.3. The fraction of sp³-hybridized carbons (Fsp3) is 0.636. The minimum atomic E-state index is -0.163. The monoisotopic (exact) mass is 162 g/mol. The number of aliphatic hydroxyl groups is 1. The van der Waals surface area contributed by atoms with Crippen LogP contribution in [-0.2, 0) is 0 Å². The van der Waals surface area contributed by atoms with Gasteiger partial charge in [-0.15, -0.1) is 0 Å². The Morgan fingerprint density at radius 1 is 1.08 bits per heavy atom. The van der Waals surface area contributed by atoms with Crippen LogP contribution in [0.15, 0.2) is 24.3 Å². The first-order valence-corrected chi connectivity index (χ1v) is 4.89. The van der Waals surface area contributed by atoms with Gasteiger partial charge in [0.05, 0.1) is 6.10 Å². The summed E-state index contributed by atoms with van der Waals surface area (Å²) < 4.78 is 0. The van der Waals surface area contributed by atoms with Gasteiger partial charge < -0.3 is 5.11 Å². The van der Waals surface area contributed by atoms with E-state index in [0.29, 0.717) is 11.8 Å². The molecule has 0 saturated heterocycles. The third-order valence-electron chi connectivity index (χ3n) is 3.82. The van der Waals surface area contributed by atoms with Crippen LogP contribution in [0.5, 0.6) is 0 Å². The Hall–Kier alpha value is -0.560. The molecule has 64 valence electrons. The lowest BCUT2D eigenvalue weighted by atomic mass is 9.75. The molecule has 0 aliphatic heterocycles. The molecule has 0 aromatic heterocycles. The van der Waals surface area contributed by atoms with Crippen molar-refractivity contribution in [2.24, 2.45) is 23.7 Å². The number of aliphatic hydroxyl groups excluding tert-OH is 1. The number of allylic oxidation sites excluding steroid dienone is 3. The second-order valence-electron chi connectivity index (χ2n) is 4.34. The number of fused-ring (bicyclic) bond motifs is 5. The quantitative estimate of drug-likeness (QED) is 0.538. The van der Waals surface area contributed by atoms with Gasteiger partial charge in [-0.05, 0) is 36.5 Å². The van der Waals surface area contributed by atoms with E-state index in [0.717, 1.165) is 11.8 Å². The van der Waals surface area contributed by atoms with E-state index >= 15 is 0 Å². The van der Waals surface area contributed by atoms with Gasteiger partial charge in [0.15, 0.2) is 0 Å². The molecule has 3 rings (SSSR count). The fourth-order valence-corrected chi connectivity index (χ4v) is 3.30. The molecule has 0 unspecified atom stereocenters.